The number of hydrogen-bond donors (Lipinski definition) is 1. The van der Waals surface area contributed by atoms with Gasteiger partial charge in [-0.2, -0.15) is 0 Å². The van der Waals surface area contributed by atoms with E-state index in [1.807, 2.05) is 6.92 Å². The van der Waals surface area contributed by atoms with Gasteiger partial charge >= 0.3 is 5.97 Å². The van der Waals surface area contributed by atoms with E-state index in [1.54, 1.807) is 6.92 Å². The fourth-order valence-corrected chi connectivity index (χ4v) is 2.20. The number of aromatic nitrogens is 1. The molecule has 0 aliphatic rings. The quantitative estimate of drug-likeness (QED) is 0.875. The number of rotatable bonds is 4. The Balaban J connectivity index is 2.74. The number of carbonyl (C=O) groups is 1. The van der Waals surface area contributed by atoms with E-state index in [0.29, 0.717) is 22.6 Å². The Morgan fingerprint density at radius 3 is 2.85 bits per heavy atom. The summed E-state index contributed by atoms with van der Waals surface area (Å²) in [5, 5.41) is 3.75. The molecule has 1 heterocycles. The zero-order chi connectivity index (χ0) is 14.7. The zero-order valence-corrected chi connectivity index (χ0v) is 11.9. The molecule has 0 aliphatic heterocycles. The Morgan fingerprint density at radius 2 is 2.20 bits per heavy atom. The average Bonchev–Trinajstić information content (AvgIpc) is 2.43. The van der Waals surface area contributed by atoms with Gasteiger partial charge in [0.05, 0.1) is 17.3 Å². The van der Waals surface area contributed by atoms with Crippen molar-refractivity contribution in [3.63, 3.8) is 0 Å². The van der Waals surface area contributed by atoms with Gasteiger partial charge in [-0.05, 0) is 26.0 Å². The number of nitrogens with one attached hydrogen (secondary N) is 1. The van der Waals surface area contributed by atoms with Gasteiger partial charge in [-0.25, -0.2) is 9.18 Å². The molecule has 4 nitrogen and oxygen atoms in total. The molecule has 6 heteroatoms. The van der Waals surface area contributed by atoms with Crippen LogP contribution in [0.2, 0.25) is 5.02 Å². The van der Waals surface area contributed by atoms with E-state index >= 15 is 0 Å². The van der Waals surface area contributed by atoms with Gasteiger partial charge in [0.15, 0.2) is 0 Å². The molecule has 1 N–H and O–H groups in total. The fourth-order valence-electron chi connectivity index (χ4n) is 1.96. The Labute approximate surface area is 120 Å². The summed E-state index contributed by atoms with van der Waals surface area (Å²) in [5.41, 5.74) is 0.815. The van der Waals surface area contributed by atoms with Crippen LogP contribution in [0.5, 0.6) is 0 Å². The number of benzene rings is 1. The standard InChI is InChI=1S/C14H14ClFN2O2/c1-3-17-12-8(14(19)20-4-2)7-18-13-10(16)6-5-9(15)11(12)13/h5-7H,3-4H2,1-2H3,(H,17,18). The Morgan fingerprint density at radius 1 is 1.45 bits per heavy atom. The van der Waals surface area contributed by atoms with Crippen molar-refractivity contribution in [3.05, 3.63) is 34.7 Å². The minimum Gasteiger partial charge on any atom is -0.462 e. The second kappa shape index (κ2) is 6.05. The zero-order valence-electron chi connectivity index (χ0n) is 11.2. The summed E-state index contributed by atoms with van der Waals surface area (Å²) in [4.78, 5) is 15.9. The number of esters is 1. The minimum atomic E-state index is -0.516. The van der Waals surface area contributed by atoms with Crippen LogP contribution < -0.4 is 5.32 Å². The third-order valence-corrected chi connectivity index (χ3v) is 3.08. The Bertz CT molecular complexity index is 661. The van der Waals surface area contributed by atoms with E-state index in [2.05, 4.69) is 10.3 Å². The topological polar surface area (TPSA) is 51.2 Å². The van der Waals surface area contributed by atoms with Crippen molar-refractivity contribution in [2.45, 2.75) is 13.8 Å². The van der Waals surface area contributed by atoms with Gasteiger partial charge in [-0.15, -0.1) is 0 Å². The highest BCUT2D eigenvalue weighted by molar-refractivity contribution is 6.36. The maximum Gasteiger partial charge on any atom is 0.341 e. The van der Waals surface area contributed by atoms with Crippen molar-refractivity contribution in [2.24, 2.45) is 0 Å². The number of anilines is 1. The second-order valence-corrected chi connectivity index (χ2v) is 4.46. The Hall–Kier alpha value is -1.88. The molecule has 1 aromatic heterocycles. The van der Waals surface area contributed by atoms with Crippen LogP contribution in [-0.4, -0.2) is 24.1 Å². The number of nitrogens with zero attached hydrogens (tertiary/aromatic N) is 1. The van der Waals surface area contributed by atoms with Gasteiger partial charge in [-0.1, -0.05) is 11.6 Å². The summed E-state index contributed by atoms with van der Waals surface area (Å²) < 4.78 is 18.8. The average molecular weight is 297 g/mol. The van der Waals surface area contributed by atoms with Crippen LogP contribution in [0.1, 0.15) is 24.2 Å². The fraction of sp³-hybridized carbons (Fsp3) is 0.286. The lowest BCUT2D eigenvalue weighted by Gasteiger charge is -2.14. The Kier molecular flexibility index (Phi) is 4.39. The largest absolute Gasteiger partial charge is 0.462 e. The van der Waals surface area contributed by atoms with Gasteiger partial charge in [0.2, 0.25) is 0 Å². The number of pyridine rings is 1. The molecule has 0 atom stereocenters. The number of halogens is 2. The minimum absolute atomic E-state index is 0.126. The monoisotopic (exact) mass is 296 g/mol. The van der Waals surface area contributed by atoms with E-state index in [9.17, 15) is 9.18 Å². The lowest BCUT2D eigenvalue weighted by Crippen LogP contribution is -2.11. The van der Waals surface area contributed by atoms with Gasteiger partial charge in [0.25, 0.3) is 0 Å². The van der Waals surface area contributed by atoms with Gasteiger partial charge in [0, 0.05) is 18.1 Å². The molecule has 0 amide bonds. The number of carbonyl (C=O) groups excluding carboxylic acids is 1. The van der Waals surface area contributed by atoms with Gasteiger partial charge in [-0.3, -0.25) is 4.98 Å². The van der Waals surface area contributed by atoms with E-state index < -0.39 is 11.8 Å². The molecule has 0 spiro atoms. The molecule has 2 rings (SSSR count). The maximum absolute atomic E-state index is 13.8. The van der Waals surface area contributed by atoms with E-state index in [1.165, 1.54) is 18.3 Å². The van der Waals surface area contributed by atoms with Crippen LogP contribution in [0.25, 0.3) is 10.9 Å². The van der Waals surface area contributed by atoms with Crippen molar-refractivity contribution in [1.29, 1.82) is 0 Å². The first-order valence-electron chi connectivity index (χ1n) is 6.27. The van der Waals surface area contributed by atoms with E-state index in [-0.39, 0.29) is 17.7 Å². The SMILES string of the molecule is CCNc1c(C(=O)OCC)cnc2c(F)ccc(Cl)c12. The number of fused-ring (bicyclic) bond motifs is 1. The third-order valence-electron chi connectivity index (χ3n) is 2.77. The second-order valence-electron chi connectivity index (χ2n) is 4.05. The molecule has 0 fully saturated rings. The predicted molar refractivity (Wildman–Crippen MR) is 76.8 cm³/mol. The van der Waals surface area contributed by atoms with Gasteiger partial charge < -0.3 is 10.1 Å². The number of hydrogen-bond acceptors (Lipinski definition) is 4. The summed E-state index contributed by atoms with van der Waals surface area (Å²) in [6.07, 6.45) is 1.30. The molecule has 0 unspecified atom stereocenters. The van der Waals surface area contributed by atoms with Crippen LogP contribution in [-0.2, 0) is 4.74 Å². The highest BCUT2D eigenvalue weighted by Crippen LogP contribution is 2.33. The molecular weight excluding hydrogens is 283 g/mol. The molecule has 0 saturated carbocycles. The highest BCUT2D eigenvalue weighted by Gasteiger charge is 2.19. The third kappa shape index (κ3) is 2.54. The first-order valence-corrected chi connectivity index (χ1v) is 6.65. The summed E-state index contributed by atoms with van der Waals surface area (Å²) in [6, 6.07) is 2.69. The summed E-state index contributed by atoms with van der Waals surface area (Å²) in [6.45, 7) is 4.39. The summed E-state index contributed by atoms with van der Waals surface area (Å²) >= 11 is 6.12. The van der Waals surface area contributed by atoms with Crippen LogP contribution in [0, 0.1) is 5.82 Å². The van der Waals surface area contributed by atoms with Gasteiger partial charge in [0.1, 0.15) is 16.9 Å². The molecule has 2 aromatic rings. The molecule has 20 heavy (non-hydrogen) atoms. The molecule has 0 aliphatic carbocycles. The highest BCUT2D eigenvalue weighted by atomic mass is 35.5. The molecule has 106 valence electrons. The van der Waals surface area contributed by atoms with Crippen molar-refractivity contribution in [2.75, 3.05) is 18.5 Å². The maximum atomic E-state index is 13.8. The predicted octanol–water partition coefficient (Wildman–Crippen LogP) is 3.64. The van der Waals surface area contributed by atoms with Crippen molar-refractivity contribution in [3.8, 4) is 0 Å². The first kappa shape index (κ1) is 14.5. The van der Waals surface area contributed by atoms with Crippen LogP contribution in [0.3, 0.4) is 0 Å². The van der Waals surface area contributed by atoms with E-state index in [4.69, 9.17) is 16.3 Å². The molecule has 0 radical (unpaired) electrons. The van der Waals surface area contributed by atoms with Crippen molar-refractivity contribution < 1.29 is 13.9 Å². The molecule has 0 saturated heterocycles. The lowest BCUT2D eigenvalue weighted by molar-refractivity contribution is 0.0527. The normalized spacial score (nSPS) is 10.6. The lowest BCUT2D eigenvalue weighted by atomic mass is 10.1. The molecular formula is C14H14ClFN2O2. The van der Waals surface area contributed by atoms with Crippen LogP contribution >= 0.6 is 11.6 Å². The summed E-state index contributed by atoms with van der Waals surface area (Å²) in [7, 11) is 0. The summed E-state index contributed by atoms with van der Waals surface area (Å²) in [5.74, 6) is -1.00. The molecule has 0 bridgehead atoms. The first-order chi connectivity index (χ1) is 9.60. The van der Waals surface area contributed by atoms with Crippen LogP contribution in [0.4, 0.5) is 10.1 Å². The smallest absolute Gasteiger partial charge is 0.341 e. The molecule has 1 aromatic carbocycles. The van der Waals surface area contributed by atoms with E-state index in [0.717, 1.165) is 0 Å². The van der Waals surface area contributed by atoms with Crippen molar-refractivity contribution >= 4 is 34.2 Å². The number of ether oxygens (including phenoxy) is 1. The van der Waals surface area contributed by atoms with Crippen LogP contribution in [0.15, 0.2) is 18.3 Å². The van der Waals surface area contributed by atoms with Crippen molar-refractivity contribution in [1.82, 2.24) is 4.98 Å².